The highest BCUT2D eigenvalue weighted by Crippen LogP contribution is 2.55. The van der Waals surface area contributed by atoms with Crippen LogP contribution in [0.3, 0.4) is 0 Å². The average Bonchev–Trinajstić information content (AvgIpc) is 3.05. The third-order valence-corrected chi connectivity index (χ3v) is 13.6. The summed E-state index contributed by atoms with van der Waals surface area (Å²) in [4.78, 5) is 51.3. The minimum atomic E-state index is -3.07. The van der Waals surface area contributed by atoms with Crippen molar-refractivity contribution >= 4 is 32.5 Å². The minimum Gasteiger partial charge on any atom is -0.459 e. The second kappa shape index (κ2) is 16.5. The molecule has 2 heterocycles. The fourth-order valence-electron chi connectivity index (χ4n) is 6.47. The summed E-state index contributed by atoms with van der Waals surface area (Å²) >= 11 is 0. The van der Waals surface area contributed by atoms with Gasteiger partial charge in [-0.25, -0.2) is 9.59 Å². The Morgan fingerprint density at radius 2 is 1.42 bits per heavy atom. The van der Waals surface area contributed by atoms with E-state index < -0.39 is 75.8 Å². The van der Waals surface area contributed by atoms with Crippen molar-refractivity contribution in [2.24, 2.45) is 0 Å². The first-order valence-corrected chi connectivity index (χ1v) is 18.5. The van der Waals surface area contributed by atoms with Crippen LogP contribution in [0.2, 0.25) is 10.1 Å². The molecular formula is C36H50N2O11Si. The van der Waals surface area contributed by atoms with Crippen LogP contribution in [0.25, 0.3) is 0 Å². The van der Waals surface area contributed by atoms with Gasteiger partial charge in [-0.15, -0.1) is 0 Å². The normalized spacial score (nSPS) is 23.8. The molecule has 0 aromatic heterocycles. The molecule has 0 unspecified atom stereocenters. The summed E-state index contributed by atoms with van der Waals surface area (Å²) in [5, 5.41) is 4.56. The average molecular weight is 715 g/mol. The molecule has 2 aromatic carbocycles. The van der Waals surface area contributed by atoms with Crippen LogP contribution < -0.4 is 10.6 Å². The maximum absolute atomic E-state index is 13.4. The number of hydrogen-bond acceptors (Lipinski definition) is 11. The zero-order chi connectivity index (χ0) is 36.7. The quantitative estimate of drug-likeness (QED) is 0.190. The van der Waals surface area contributed by atoms with E-state index in [1.165, 1.54) is 13.8 Å². The summed E-state index contributed by atoms with van der Waals surface area (Å²) in [5.41, 5.74) is 1.50. The molecule has 0 radical (unpaired) electrons. The van der Waals surface area contributed by atoms with Crippen molar-refractivity contribution in [3.05, 3.63) is 71.8 Å². The van der Waals surface area contributed by atoms with Crippen molar-refractivity contribution in [2.45, 2.75) is 115 Å². The standard InChI is InChI=1S/C36H50N2O11Si/c1-23(39)37-29-31(47-24(2)40)30-28(22-46-50(49-30,35(3,4)5)36(6,7)8)48-33(29)44-21-27(32(41)43-19-25-15-11-9-12-16-25)38-34(42)45-20-26-17-13-10-14-18-26/h9-18,27-31,33H,19-22H2,1-8H3,(H,37,39)(H,38,42)/t27-,28+,29+,30-,31+,33-/m0/s1. The minimum absolute atomic E-state index is 0.0310. The molecule has 2 aliphatic heterocycles. The first-order chi connectivity index (χ1) is 23.5. The van der Waals surface area contributed by atoms with E-state index in [4.69, 9.17) is 32.5 Å². The van der Waals surface area contributed by atoms with E-state index >= 15 is 0 Å². The van der Waals surface area contributed by atoms with Crippen LogP contribution in [0.4, 0.5) is 4.79 Å². The van der Waals surface area contributed by atoms with E-state index in [1.807, 2.05) is 36.4 Å². The molecule has 2 N–H and O–H groups in total. The molecule has 14 heteroatoms. The van der Waals surface area contributed by atoms with Crippen LogP contribution >= 0.6 is 0 Å². The molecule has 6 atom stereocenters. The van der Waals surface area contributed by atoms with Crippen molar-refractivity contribution in [1.29, 1.82) is 0 Å². The zero-order valence-electron chi connectivity index (χ0n) is 30.1. The Morgan fingerprint density at radius 3 is 1.94 bits per heavy atom. The molecular weight excluding hydrogens is 664 g/mol. The highest BCUT2D eigenvalue weighted by molar-refractivity contribution is 6.73. The van der Waals surface area contributed by atoms with Crippen molar-refractivity contribution in [2.75, 3.05) is 13.2 Å². The summed E-state index contributed by atoms with van der Waals surface area (Å²) in [5.74, 6) is -1.82. The monoisotopic (exact) mass is 714 g/mol. The van der Waals surface area contributed by atoms with Crippen LogP contribution in [-0.4, -0.2) is 82.4 Å². The van der Waals surface area contributed by atoms with E-state index in [2.05, 4.69) is 52.2 Å². The third-order valence-electron chi connectivity index (χ3n) is 8.49. The lowest BCUT2D eigenvalue weighted by atomic mass is 9.96. The molecule has 0 bridgehead atoms. The molecule has 4 rings (SSSR count). The first-order valence-electron chi connectivity index (χ1n) is 16.7. The lowest BCUT2D eigenvalue weighted by Gasteiger charge is -2.57. The number of esters is 2. The summed E-state index contributed by atoms with van der Waals surface area (Å²) in [7, 11) is -3.07. The Hall–Kier alpha value is -3.82. The molecule has 0 spiro atoms. The SMILES string of the molecule is CC(=O)N[C@H]1[C@@H](OC[C@H](NC(=O)OCc2ccccc2)C(=O)OCc2ccccc2)O[C@@H]2CO[Si](C(C)(C)C)(C(C)(C)C)O[C@@H]2[C@@H]1OC(C)=O. The number of rotatable bonds is 11. The smallest absolute Gasteiger partial charge is 0.408 e. The summed E-state index contributed by atoms with van der Waals surface area (Å²) in [6.07, 6.45) is -4.71. The number of carbonyl (C=O) groups is 4. The number of ether oxygens (including phenoxy) is 5. The molecule has 50 heavy (non-hydrogen) atoms. The van der Waals surface area contributed by atoms with Crippen molar-refractivity contribution in [3.8, 4) is 0 Å². The van der Waals surface area contributed by atoms with E-state index in [0.29, 0.717) is 0 Å². The third kappa shape index (κ3) is 9.69. The van der Waals surface area contributed by atoms with Crippen molar-refractivity contribution in [1.82, 2.24) is 10.6 Å². The van der Waals surface area contributed by atoms with Gasteiger partial charge in [-0.2, -0.15) is 0 Å². The van der Waals surface area contributed by atoms with Crippen LogP contribution in [0.1, 0.15) is 66.5 Å². The maximum Gasteiger partial charge on any atom is 0.408 e. The first kappa shape index (κ1) is 39.0. The number of carbonyl (C=O) groups excluding carboxylic acids is 4. The van der Waals surface area contributed by atoms with Crippen LogP contribution in [0, 0.1) is 0 Å². The number of benzene rings is 2. The Labute approximate surface area is 294 Å². The van der Waals surface area contributed by atoms with Gasteiger partial charge in [0, 0.05) is 23.9 Å². The van der Waals surface area contributed by atoms with Gasteiger partial charge in [0.25, 0.3) is 0 Å². The number of alkyl carbamates (subject to hydrolysis) is 1. The van der Waals surface area contributed by atoms with Gasteiger partial charge in [-0.05, 0) is 11.1 Å². The summed E-state index contributed by atoms with van der Waals surface area (Å²) in [6, 6.07) is 15.7. The Bertz CT molecular complexity index is 1450. The molecule has 0 saturated carbocycles. The van der Waals surface area contributed by atoms with E-state index in [-0.39, 0.29) is 29.9 Å². The second-order valence-corrected chi connectivity index (χ2v) is 19.3. The van der Waals surface area contributed by atoms with E-state index in [1.54, 1.807) is 24.3 Å². The number of hydrogen-bond donors (Lipinski definition) is 2. The number of nitrogens with one attached hydrogen (secondary N) is 2. The van der Waals surface area contributed by atoms with Crippen LogP contribution in [0.15, 0.2) is 60.7 Å². The molecule has 2 aromatic rings. The van der Waals surface area contributed by atoms with Gasteiger partial charge in [-0.3, -0.25) is 9.59 Å². The van der Waals surface area contributed by atoms with Gasteiger partial charge in [-0.1, -0.05) is 102 Å². The van der Waals surface area contributed by atoms with Gasteiger partial charge >= 0.3 is 26.6 Å². The Balaban J connectivity index is 1.57. The summed E-state index contributed by atoms with van der Waals surface area (Å²) in [6.45, 7) is 14.5. The fourth-order valence-corrected chi connectivity index (χ4v) is 11.4. The van der Waals surface area contributed by atoms with Crippen molar-refractivity contribution < 1.29 is 51.7 Å². The van der Waals surface area contributed by atoms with E-state index in [9.17, 15) is 19.2 Å². The molecule has 2 fully saturated rings. The number of amides is 2. The second-order valence-electron chi connectivity index (χ2n) is 14.5. The lowest BCUT2D eigenvalue weighted by molar-refractivity contribution is -0.283. The molecule has 2 amide bonds. The molecule has 2 saturated heterocycles. The maximum atomic E-state index is 13.4. The Kier molecular flexibility index (Phi) is 12.8. The zero-order valence-corrected chi connectivity index (χ0v) is 31.1. The largest absolute Gasteiger partial charge is 0.459 e. The van der Waals surface area contributed by atoms with Crippen LogP contribution in [-0.2, 0) is 60.1 Å². The van der Waals surface area contributed by atoms with Gasteiger partial charge < -0.3 is 43.2 Å². The highest BCUT2D eigenvalue weighted by atomic mass is 28.4. The molecule has 2 aliphatic rings. The predicted octanol–water partition coefficient (Wildman–Crippen LogP) is 4.66. The number of fused-ring (bicyclic) bond motifs is 1. The lowest BCUT2D eigenvalue weighted by Crippen LogP contribution is -2.73. The van der Waals surface area contributed by atoms with Crippen LogP contribution in [0.5, 0.6) is 0 Å². The Morgan fingerprint density at radius 1 is 0.860 bits per heavy atom. The van der Waals surface area contributed by atoms with Gasteiger partial charge in [0.1, 0.15) is 31.5 Å². The van der Waals surface area contributed by atoms with E-state index in [0.717, 1.165) is 11.1 Å². The topological polar surface area (TPSA) is 157 Å². The fraction of sp³-hybridized carbons (Fsp3) is 0.556. The predicted molar refractivity (Wildman–Crippen MR) is 184 cm³/mol. The van der Waals surface area contributed by atoms with Gasteiger partial charge in [0.2, 0.25) is 5.91 Å². The molecule has 13 nitrogen and oxygen atoms in total. The molecule has 0 aliphatic carbocycles. The highest BCUT2D eigenvalue weighted by Gasteiger charge is 2.65. The molecule has 274 valence electrons. The van der Waals surface area contributed by atoms with Crippen molar-refractivity contribution in [3.63, 3.8) is 0 Å². The summed E-state index contributed by atoms with van der Waals surface area (Å²) < 4.78 is 42.7. The van der Waals surface area contributed by atoms with Gasteiger partial charge in [0.15, 0.2) is 18.4 Å². The van der Waals surface area contributed by atoms with Gasteiger partial charge in [0.05, 0.1) is 13.2 Å².